The van der Waals surface area contributed by atoms with Gasteiger partial charge in [0.2, 0.25) is 11.9 Å². The van der Waals surface area contributed by atoms with E-state index in [9.17, 15) is 24.0 Å². The van der Waals surface area contributed by atoms with Gasteiger partial charge in [0.05, 0.1) is 48.5 Å². The number of H-pyrrole nitrogens is 1. The lowest BCUT2D eigenvalue weighted by Crippen LogP contribution is -2.43. The lowest BCUT2D eigenvalue weighted by Gasteiger charge is -2.24. The lowest BCUT2D eigenvalue weighted by molar-refractivity contribution is -0.177. The fourth-order valence-electron chi connectivity index (χ4n) is 5.98. The highest BCUT2D eigenvalue weighted by Gasteiger charge is 2.29. The Hall–Kier alpha value is -6.89. The smallest absolute Gasteiger partial charge is 0.347 e. The van der Waals surface area contributed by atoms with Gasteiger partial charge in [-0.3, -0.25) is 29.6 Å². The molecule has 2 atom stereocenters. The number of carbonyl (C=O) groups is 5. The molecule has 60 heavy (non-hydrogen) atoms. The number of ether oxygens (including phenoxy) is 4. The summed E-state index contributed by atoms with van der Waals surface area (Å²) in [6.45, 7) is 3.51. The van der Waals surface area contributed by atoms with Crippen molar-refractivity contribution in [2.45, 2.75) is 45.4 Å². The van der Waals surface area contributed by atoms with Crippen LogP contribution in [0.4, 0.5) is 16.2 Å². The molecule has 0 saturated carbocycles. The summed E-state index contributed by atoms with van der Waals surface area (Å²) in [5.41, 5.74) is 4.73. The highest BCUT2D eigenvalue weighted by Crippen LogP contribution is 2.33. The second-order valence-electron chi connectivity index (χ2n) is 13.3. The molecule has 3 aromatic carbocycles. The van der Waals surface area contributed by atoms with E-state index in [0.29, 0.717) is 51.7 Å². The maximum atomic E-state index is 13.5. The molecule has 1 aliphatic heterocycles. The topological polar surface area (TPSA) is 220 Å². The summed E-state index contributed by atoms with van der Waals surface area (Å²) in [6.07, 6.45) is 3.15. The van der Waals surface area contributed by atoms with Gasteiger partial charge in [-0.25, -0.2) is 19.3 Å². The maximum Gasteiger partial charge on any atom is 0.347 e. The van der Waals surface area contributed by atoms with Gasteiger partial charge in [0.1, 0.15) is 17.9 Å². The minimum Gasteiger partial charge on any atom is -0.497 e. The average molecular weight is 885 g/mol. The lowest BCUT2D eigenvalue weighted by atomic mass is 10.1. The first-order valence-electron chi connectivity index (χ1n) is 18.9. The number of aromatic nitrogens is 4. The fourth-order valence-corrected chi connectivity index (χ4v) is 6.60. The van der Waals surface area contributed by atoms with E-state index >= 15 is 0 Å². The third-order valence-electron chi connectivity index (χ3n) is 9.09. The Balaban J connectivity index is 0.986. The van der Waals surface area contributed by atoms with Crippen molar-refractivity contribution in [2.24, 2.45) is 4.99 Å². The Morgan fingerprint density at radius 1 is 0.917 bits per heavy atom. The average Bonchev–Trinajstić information content (AvgIpc) is 4.00. The molecule has 3 amide bonds. The van der Waals surface area contributed by atoms with Gasteiger partial charge < -0.3 is 34.5 Å². The van der Waals surface area contributed by atoms with E-state index in [0.717, 1.165) is 16.7 Å². The normalized spacial score (nSPS) is 13.0. The molecule has 0 bridgehead atoms. The number of hydrogen-bond donors (Lipinski definition) is 3. The molecule has 3 N–H and O–H groups in total. The van der Waals surface area contributed by atoms with Gasteiger partial charge in [-0.05, 0) is 77.3 Å². The largest absolute Gasteiger partial charge is 0.497 e. The molecule has 3 heterocycles. The van der Waals surface area contributed by atoms with Gasteiger partial charge in [-0.2, -0.15) is 5.10 Å². The monoisotopic (exact) mass is 883 g/mol. The van der Waals surface area contributed by atoms with Crippen LogP contribution in [-0.2, 0) is 39.9 Å². The molecule has 0 fully saturated rings. The van der Waals surface area contributed by atoms with Crippen LogP contribution in [0.3, 0.4) is 0 Å². The zero-order valence-electron chi connectivity index (χ0n) is 32.9. The number of aromatic amines is 1. The number of hydrogen-bond acceptors (Lipinski definition) is 14. The van der Waals surface area contributed by atoms with E-state index in [-0.39, 0.29) is 32.5 Å². The Morgan fingerprint density at radius 3 is 2.43 bits per heavy atom. The van der Waals surface area contributed by atoms with Gasteiger partial charge in [-0.1, -0.05) is 24.3 Å². The van der Waals surface area contributed by atoms with Gasteiger partial charge in [-0.15, -0.1) is 0 Å². The third-order valence-corrected chi connectivity index (χ3v) is 9.87. The van der Waals surface area contributed by atoms with Crippen molar-refractivity contribution < 1.29 is 42.9 Å². The quantitative estimate of drug-likeness (QED) is 0.0879. The SMILES string of the molecule is COc1cccc(CN(CCOC(=O)[C@H](C)OC(=O)[C@H](C)OC(=O)CCC(=O)N(C2=NCCN2)c2ccc3nccnc3c2Br)C(=O)Nc2ccc(-c3cn[nH]c3)cc2)c1. The van der Waals surface area contributed by atoms with E-state index in [2.05, 4.69) is 51.7 Å². The molecule has 0 saturated heterocycles. The van der Waals surface area contributed by atoms with Crippen LogP contribution in [-0.4, -0.2) is 106 Å². The second-order valence-corrected chi connectivity index (χ2v) is 14.1. The minimum atomic E-state index is -1.40. The molecule has 1 aliphatic rings. The van der Waals surface area contributed by atoms with E-state index in [4.69, 9.17) is 18.9 Å². The first kappa shape index (κ1) is 42.7. The Labute approximate surface area is 352 Å². The summed E-state index contributed by atoms with van der Waals surface area (Å²) in [5.74, 6) is -2.25. The van der Waals surface area contributed by atoms with Crippen molar-refractivity contribution in [2.75, 3.05) is 43.6 Å². The predicted molar refractivity (Wildman–Crippen MR) is 223 cm³/mol. The number of amides is 3. The van der Waals surface area contributed by atoms with Crippen molar-refractivity contribution in [3.05, 3.63) is 95.5 Å². The molecule has 0 unspecified atom stereocenters. The fraction of sp³-hybridized carbons (Fsp3) is 0.293. The molecular weight excluding hydrogens is 842 g/mol. The first-order valence-corrected chi connectivity index (χ1v) is 19.6. The third kappa shape index (κ3) is 11.0. The molecule has 6 rings (SSSR count). The van der Waals surface area contributed by atoms with Crippen molar-refractivity contribution >= 4 is 74.1 Å². The molecule has 0 spiro atoms. The zero-order chi connectivity index (χ0) is 42.6. The number of rotatable bonds is 16. The van der Waals surface area contributed by atoms with Gasteiger partial charge in [0.25, 0.3) is 0 Å². The summed E-state index contributed by atoms with van der Waals surface area (Å²) in [7, 11) is 1.54. The van der Waals surface area contributed by atoms with E-state index in [1.54, 1.807) is 68.2 Å². The van der Waals surface area contributed by atoms with Crippen molar-refractivity contribution in [1.29, 1.82) is 0 Å². The molecule has 19 heteroatoms. The van der Waals surface area contributed by atoms with Crippen LogP contribution in [0.15, 0.2) is 94.9 Å². The standard InChI is InChI=1S/C41H42BrN9O9/c1-25(38(54)58-20-19-50(24-27-5-4-6-31(21-27)57-3)41(56)49-30-9-7-28(8-10-30)29-22-47-48-23-29)60-39(55)26(2)59-35(53)14-13-34(52)51(40-45-17-18-46-40)33-12-11-32-37(36(33)42)44-16-15-43-32/h4-12,15-16,21-23,25-26H,13-14,17-20,24H2,1-3H3,(H,45,46)(H,47,48)(H,49,56)/t25-,26-/m0/s1. The molecule has 312 valence electrons. The minimum absolute atomic E-state index is 0.0119. The summed E-state index contributed by atoms with van der Waals surface area (Å²) in [6, 6.07) is 17.4. The van der Waals surface area contributed by atoms with Crippen LogP contribution >= 0.6 is 15.9 Å². The Morgan fingerprint density at radius 2 is 1.70 bits per heavy atom. The number of aliphatic imine (C=N–C) groups is 1. The number of methoxy groups -OCH3 is 1. The first-order chi connectivity index (χ1) is 29.0. The number of benzene rings is 3. The molecule has 18 nitrogen and oxygen atoms in total. The highest BCUT2D eigenvalue weighted by molar-refractivity contribution is 9.10. The Bertz CT molecular complexity index is 2360. The number of carbonyl (C=O) groups excluding carboxylic acids is 5. The predicted octanol–water partition coefficient (Wildman–Crippen LogP) is 5.00. The highest BCUT2D eigenvalue weighted by atomic mass is 79.9. The summed E-state index contributed by atoms with van der Waals surface area (Å²) >= 11 is 3.54. The van der Waals surface area contributed by atoms with E-state index in [1.807, 2.05) is 18.2 Å². The Kier molecular flexibility index (Phi) is 14.4. The van der Waals surface area contributed by atoms with Crippen LogP contribution in [0.5, 0.6) is 5.75 Å². The number of anilines is 2. The number of nitrogens with one attached hydrogen (secondary N) is 3. The zero-order valence-corrected chi connectivity index (χ0v) is 34.5. The number of guanidine groups is 1. The summed E-state index contributed by atoms with van der Waals surface area (Å²) < 4.78 is 21.7. The van der Waals surface area contributed by atoms with E-state index < -0.39 is 42.1 Å². The van der Waals surface area contributed by atoms with Crippen LogP contribution in [0.1, 0.15) is 32.3 Å². The maximum absolute atomic E-state index is 13.5. The van der Waals surface area contributed by atoms with Gasteiger partial charge in [0, 0.05) is 49.4 Å². The number of fused-ring (bicyclic) bond motifs is 1. The second kappa shape index (κ2) is 20.2. The van der Waals surface area contributed by atoms with E-state index in [1.165, 1.54) is 29.8 Å². The number of urea groups is 1. The number of esters is 3. The van der Waals surface area contributed by atoms with Crippen LogP contribution in [0.25, 0.3) is 22.2 Å². The van der Waals surface area contributed by atoms with Crippen molar-refractivity contribution in [3.8, 4) is 16.9 Å². The molecule has 2 aromatic heterocycles. The summed E-state index contributed by atoms with van der Waals surface area (Å²) in [4.78, 5) is 81.4. The number of nitrogens with zero attached hydrogens (tertiary/aromatic N) is 6. The van der Waals surface area contributed by atoms with Crippen molar-refractivity contribution in [1.82, 2.24) is 30.4 Å². The van der Waals surface area contributed by atoms with Crippen LogP contribution < -0.4 is 20.3 Å². The number of halogens is 1. The summed E-state index contributed by atoms with van der Waals surface area (Å²) in [5, 5.41) is 12.7. The molecule has 0 radical (unpaired) electrons. The van der Waals surface area contributed by atoms with Gasteiger partial charge in [0.15, 0.2) is 12.2 Å². The van der Waals surface area contributed by atoms with Crippen molar-refractivity contribution in [3.63, 3.8) is 0 Å². The molecule has 0 aliphatic carbocycles. The molecular formula is C41H42BrN9O9. The van der Waals surface area contributed by atoms with Gasteiger partial charge >= 0.3 is 23.9 Å². The van der Waals surface area contributed by atoms with Crippen LogP contribution in [0.2, 0.25) is 0 Å². The molecule has 5 aromatic rings. The van der Waals surface area contributed by atoms with Crippen LogP contribution in [0, 0.1) is 0 Å².